The molecule has 17 heavy (non-hydrogen) atoms. The molecule has 0 aromatic heterocycles. The molecule has 0 aliphatic carbocycles. The van der Waals surface area contributed by atoms with E-state index in [4.69, 9.17) is 10.8 Å². The van der Waals surface area contributed by atoms with E-state index in [1.54, 1.807) is 13.8 Å². The van der Waals surface area contributed by atoms with E-state index in [1.807, 2.05) is 20.8 Å². The summed E-state index contributed by atoms with van der Waals surface area (Å²) in [4.78, 5) is 22.6. The van der Waals surface area contributed by atoms with Crippen LogP contribution >= 0.6 is 0 Å². The zero-order valence-corrected chi connectivity index (χ0v) is 11.3. The summed E-state index contributed by atoms with van der Waals surface area (Å²) in [6, 6.07) is -1.14. The molecule has 5 heteroatoms. The summed E-state index contributed by atoms with van der Waals surface area (Å²) in [5.74, 6) is -1.48. The Morgan fingerprint density at radius 1 is 1.29 bits per heavy atom. The standard InChI is InChI=1S/C12H24N2O3/c1-7(2)10(11(16)17)14-9(15)6-8(13)12(3,4)5/h7-8,10H,6,13H2,1-5H3,(H,14,15)(H,16,17). The van der Waals surface area contributed by atoms with Crippen molar-refractivity contribution < 1.29 is 14.7 Å². The molecule has 0 heterocycles. The number of carbonyl (C=O) groups is 2. The maximum Gasteiger partial charge on any atom is 0.326 e. The fourth-order valence-electron chi connectivity index (χ4n) is 1.25. The number of carbonyl (C=O) groups excluding carboxylic acids is 1. The summed E-state index contributed by atoms with van der Waals surface area (Å²) in [5, 5.41) is 11.4. The summed E-state index contributed by atoms with van der Waals surface area (Å²) >= 11 is 0. The Balaban J connectivity index is 4.40. The summed E-state index contributed by atoms with van der Waals surface area (Å²) in [6.45, 7) is 9.34. The highest BCUT2D eigenvalue weighted by molar-refractivity contribution is 5.84. The van der Waals surface area contributed by atoms with Gasteiger partial charge in [0.15, 0.2) is 0 Å². The van der Waals surface area contributed by atoms with Gasteiger partial charge in [0.05, 0.1) is 0 Å². The maximum absolute atomic E-state index is 11.7. The van der Waals surface area contributed by atoms with Crippen molar-refractivity contribution >= 4 is 11.9 Å². The van der Waals surface area contributed by atoms with E-state index in [9.17, 15) is 9.59 Å². The molecule has 2 unspecified atom stereocenters. The van der Waals surface area contributed by atoms with Crippen LogP contribution in [0.5, 0.6) is 0 Å². The molecule has 0 aromatic carbocycles. The molecule has 5 nitrogen and oxygen atoms in total. The number of aliphatic carboxylic acids is 1. The van der Waals surface area contributed by atoms with Crippen LogP contribution in [0.25, 0.3) is 0 Å². The average Bonchev–Trinajstić information content (AvgIpc) is 2.11. The molecule has 100 valence electrons. The van der Waals surface area contributed by atoms with Gasteiger partial charge >= 0.3 is 5.97 Å². The van der Waals surface area contributed by atoms with Crippen molar-refractivity contribution in [3.8, 4) is 0 Å². The van der Waals surface area contributed by atoms with Crippen molar-refractivity contribution in [2.45, 2.75) is 53.1 Å². The Morgan fingerprint density at radius 3 is 2.06 bits per heavy atom. The first-order valence-electron chi connectivity index (χ1n) is 5.83. The molecule has 0 radical (unpaired) electrons. The van der Waals surface area contributed by atoms with Crippen LogP contribution in [-0.4, -0.2) is 29.1 Å². The normalized spacial score (nSPS) is 15.5. The first-order valence-corrected chi connectivity index (χ1v) is 5.83. The van der Waals surface area contributed by atoms with Gasteiger partial charge < -0.3 is 16.2 Å². The minimum atomic E-state index is -1.02. The lowest BCUT2D eigenvalue weighted by atomic mass is 9.85. The van der Waals surface area contributed by atoms with E-state index >= 15 is 0 Å². The molecule has 0 spiro atoms. The van der Waals surface area contributed by atoms with Crippen LogP contribution in [0.1, 0.15) is 41.0 Å². The molecule has 0 aliphatic heterocycles. The third kappa shape index (κ3) is 5.68. The second-order valence-electron chi connectivity index (χ2n) is 5.80. The highest BCUT2D eigenvalue weighted by atomic mass is 16.4. The lowest BCUT2D eigenvalue weighted by Crippen LogP contribution is -2.47. The number of nitrogens with two attached hydrogens (primary N) is 1. The van der Waals surface area contributed by atoms with Crippen LogP contribution in [0.4, 0.5) is 0 Å². The van der Waals surface area contributed by atoms with E-state index in [1.165, 1.54) is 0 Å². The Bertz CT molecular complexity index is 282. The predicted molar refractivity (Wildman–Crippen MR) is 66.5 cm³/mol. The number of carboxylic acid groups (broad SMARTS) is 1. The molecule has 4 N–H and O–H groups in total. The number of carboxylic acids is 1. The first kappa shape index (κ1) is 15.9. The second-order valence-corrected chi connectivity index (χ2v) is 5.80. The molecule has 2 atom stereocenters. The smallest absolute Gasteiger partial charge is 0.326 e. The molecular formula is C12H24N2O3. The molecule has 0 saturated carbocycles. The van der Waals surface area contributed by atoms with E-state index in [0.29, 0.717) is 0 Å². The van der Waals surface area contributed by atoms with Gasteiger partial charge in [-0.15, -0.1) is 0 Å². The topological polar surface area (TPSA) is 92.4 Å². The van der Waals surface area contributed by atoms with Gasteiger partial charge in [0.1, 0.15) is 6.04 Å². The minimum Gasteiger partial charge on any atom is -0.480 e. The molecule has 0 rings (SSSR count). The maximum atomic E-state index is 11.7. The summed E-state index contributed by atoms with van der Waals surface area (Å²) in [5.41, 5.74) is 5.70. The summed E-state index contributed by atoms with van der Waals surface area (Å²) in [6.07, 6.45) is 0.139. The monoisotopic (exact) mass is 244 g/mol. The zero-order valence-electron chi connectivity index (χ0n) is 11.3. The minimum absolute atomic E-state index is 0.139. The second kappa shape index (κ2) is 6.00. The van der Waals surface area contributed by atoms with Gasteiger partial charge in [0, 0.05) is 12.5 Å². The number of amides is 1. The van der Waals surface area contributed by atoms with Crippen LogP contribution < -0.4 is 11.1 Å². The van der Waals surface area contributed by atoms with Crippen LogP contribution in [-0.2, 0) is 9.59 Å². The van der Waals surface area contributed by atoms with Crippen molar-refractivity contribution in [3.63, 3.8) is 0 Å². The molecule has 1 amide bonds. The quantitative estimate of drug-likeness (QED) is 0.672. The van der Waals surface area contributed by atoms with E-state index in [0.717, 1.165) is 0 Å². The fraction of sp³-hybridized carbons (Fsp3) is 0.833. The van der Waals surface area contributed by atoms with Gasteiger partial charge in [-0.25, -0.2) is 4.79 Å². The van der Waals surface area contributed by atoms with E-state index < -0.39 is 12.0 Å². The molecule has 0 aliphatic rings. The molecule has 0 bridgehead atoms. The van der Waals surface area contributed by atoms with Gasteiger partial charge in [-0.2, -0.15) is 0 Å². The highest BCUT2D eigenvalue weighted by Gasteiger charge is 2.27. The van der Waals surface area contributed by atoms with Gasteiger partial charge in [-0.3, -0.25) is 4.79 Å². The number of nitrogens with one attached hydrogen (secondary N) is 1. The van der Waals surface area contributed by atoms with Crippen molar-refractivity contribution in [2.75, 3.05) is 0 Å². The summed E-state index contributed by atoms with van der Waals surface area (Å²) in [7, 11) is 0. The SMILES string of the molecule is CC(C)C(NC(=O)CC(N)C(C)(C)C)C(=O)O. The molecule has 0 fully saturated rings. The largest absolute Gasteiger partial charge is 0.480 e. The van der Waals surface area contributed by atoms with Gasteiger partial charge in [-0.1, -0.05) is 34.6 Å². The third-order valence-corrected chi connectivity index (χ3v) is 2.77. The van der Waals surface area contributed by atoms with Crippen LogP contribution in [0.2, 0.25) is 0 Å². The number of hydrogen-bond donors (Lipinski definition) is 3. The van der Waals surface area contributed by atoms with Crippen molar-refractivity contribution in [1.82, 2.24) is 5.32 Å². The van der Waals surface area contributed by atoms with Crippen molar-refractivity contribution in [1.29, 1.82) is 0 Å². The van der Waals surface area contributed by atoms with Crippen LogP contribution in [0.3, 0.4) is 0 Å². The highest BCUT2D eigenvalue weighted by Crippen LogP contribution is 2.19. The summed E-state index contributed by atoms with van der Waals surface area (Å²) < 4.78 is 0. The zero-order chi connectivity index (χ0) is 13.8. The van der Waals surface area contributed by atoms with Crippen molar-refractivity contribution in [2.24, 2.45) is 17.1 Å². The van der Waals surface area contributed by atoms with Crippen LogP contribution in [0.15, 0.2) is 0 Å². The molecule has 0 aromatic rings. The van der Waals surface area contributed by atoms with Gasteiger partial charge in [0.25, 0.3) is 0 Å². The third-order valence-electron chi connectivity index (χ3n) is 2.77. The predicted octanol–water partition coefficient (Wildman–Crippen LogP) is 0.975. The first-order chi connectivity index (χ1) is 7.55. The number of rotatable bonds is 5. The Morgan fingerprint density at radius 2 is 1.76 bits per heavy atom. The van der Waals surface area contributed by atoms with E-state index in [-0.39, 0.29) is 29.7 Å². The Labute approximate surface area is 103 Å². The fourth-order valence-corrected chi connectivity index (χ4v) is 1.25. The number of hydrogen-bond acceptors (Lipinski definition) is 3. The Hall–Kier alpha value is -1.10. The van der Waals surface area contributed by atoms with Gasteiger partial charge in [0.2, 0.25) is 5.91 Å². The molecule has 0 saturated heterocycles. The van der Waals surface area contributed by atoms with Gasteiger partial charge in [-0.05, 0) is 11.3 Å². The lowest BCUT2D eigenvalue weighted by Gasteiger charge is -2.27. The van der Waals surface area contributed by atoms with E-state index in [2.05, 4.69) is 5.32 Å². The van der Waals surface area contributed by atoms with Crippen LogP contribution in [0, 0.1) is 11.3 Å². The average molecular weight is 244 g/mol. The van der Waals surface area contributed by atoms with Crippen molar-refractivity contribution in [3.05, 3.63) is 0 Å². The molecular weight excluding hydrogens is 220 g/mol. The lowest BCUT2D eigenvalue weighted by molar-refractivity contribution is -0.143. The Kier molecular flexibility index (Phi) is 5.61.